The number of aryl methyl sites for hydroxylation is 2. The Morgan fingerprint density at radius 3 is 2.66 bits per heavy atom. The molecule has 0 saturated carbocycles. The average Bonchev–Trinajstić information content (AvgIpc) is 3.35. The lowest BCUT2D eigenvalue weighted by Gasteiger charge is -2.17. The molecule has 154 valence electrons. The van der Waals surface area contributed by atoms with Crippen LogP contribution in [0.5, 0.6) is 0 Å². The van der Waals surface area contributed by atoms with Gasteiger partial charge in [0, 0.05) is 22.5 Å². The lowest BCUT2D eigenvalue weighted by molar-refractivity contribution is 0.0935. The smallest absolute Gasteiger partial charge is 0.251 e. The van der Waals surface area contributed by atoms with Gasteiger partial charge in [-0.2, -0.15) is 0 Å². The molecule has 0 aliphatic carbocycles. The van der Waals surface area contributed by atoms with Crippen molar-refractivity contribution in [2.75, 3.05) is 0 Å². The van der Waals surface area contributed by atoms with Crippen molar-refractivity contribution in [2.24, 2.45) is 0 Å². The molecule has 2 aromatic heterocycles. The molecule has 1 amide bonds. The van der Waals surface area contributed by atoms with E-state index >= 15 is 0 Å². The molecule has 0 saturated heterocycles. The molecule has 3 aromatic rings. The van der Waals surface area contributed by atoms with Crippen LogP contribution in [0.25, 0.3) is 0 Å². The summed E-state index contributed by atoms with van der Waals surface area (Å²) >= 11 is 1.47. The Morgan fingerprint density at radius 2 is 2.03 bits per heavy atom. The highest BCUT2D eigenvalue weighted by Crippen LogP contribution is 2.24. The van der Waals surface area contributed by atoms with Crippen LogP contribution >= 0.6 is 11.3 Å². The molecule has 29 heavy (non-hydrogen) atoms. The Labute approximate surface area is 174 Å². The summed E-state index contributed by atoms with van der Waals surface area (Å²) in [5.41, 5.74) is 1.85. The van der Waals surface area contributed by atoms with Crippen molar-refractivity contribution in [1.82, 2.24) is 15.2 Å². The molecule has 0 fully saturated rings. The highest BCUT2D eigenvalue weighted by molar-refractivity contribution is 7.89. The average molecular weight is 434 g/mol. The number of amides is 1. The molecule has 1 atom stereocenters. The first-order chi connectivity index (χ1) is 13.8. The van der Waals surface area contributed by atoms with Crippen LogP contribution in [0.4, 0.5) is 0 Å². The van der Waals surface area contributed by atoms with E-state index in [1.165, 1.54) is 23.5 Å². The molecule has 0 aliphatic heterocycles. The zero-order valence-electron chi connectivity index (χ0n) is 16.4. The predicted octanol–water partition coefficient (Wildman–Crippen LogP) is 3.71. The number of hydrogen-bond acceptors (Lipinski definition) is 6. The Morgan fingerprint density at radius 1 is 1.24 bits per heavy atom. The van der Waals surface area contributed by atoms with Gasteiger partial charge in [0.25, 0.3) is 5.91 Å². The first-order valence-corrected chi connectivity index (χ1v) is 11.5. The van der Waals surface area contributed by atoms with Crippen LogP contribution in [0.15, 0.2) is 51.2 Å². The predicted molar refractivity (Wildman–Crippen MR) is 111 cm³/mol. The number of aromatic nitrogens is 1. The van der Waals surface area contributed by atoms with E-state index in [4.69, 9.17) is 4.52 Å². The number of nitrogens with one attached hydrogen (secondary N) is 2. The van der Waals surface area contributed by atoms with Crippen LogP contribution < -0.4 is 10.0 Å². The second-order valence-corrected chi connectivity index (χ2v) is 9.40. The summed E-state index contributed by atoms with van der Waals surface area (Å²) in [6.45, 7) is 5.79. The van der Waals surface area contributed by atoms with Gasteiger partial charge in [0.2, 0.25) is 10.0 Å². The summed E-state index contributed by atoms with van der Waals surface area (Å²) in [6.07, 6.45) is 0.648. The highest BCUT2D eigenvalue weighted by atomic mass is 32.2. The molecule has 2 N–H and O–H groups in total. The minimum absolute atomic E-state index is 0.0482. The Kier molecular flexibility index (Phi) is 6.51. The Hall–Kier alpha value is -2.49. The third-order valence-electron chi connectivity index (χ3n) is 4.57. The summed E-state index contributed by atoms with van der Waals surface area (Å²) in [5.74, 6) is 0.302. The van der Waals surface area contributed by atoms with Crippen molar-refractivity contribution in [2.45, 2.75) is 44.7 Å². The van der Waals surface area contributed by atoms with Gasteiger partial charge in [-0.15, -0.1) is 11.3 Å². The number of benzene rings is 1. The van der Waals surface area contributed by atoms with Crippen molar-refractivity contribution < 1.29 is 17.7 Å². The summed E-state index contributed by atoms with van der Waals surface area (Å²) in [6, 6.07) is 9.45. The zero-order chi connectivity index (χ0) is 21.0. The van der Waals surface area contributed by atoms with E-state index < -0.39 is 10.0 Å². The SMILES string of the molecule is CC[C@@H](NC(=O)c1cccc(S(=O)(=O)NCc2cccs2)c1)c1c(C)noc1C. The summed E-state index contributed by atoms with van der Waals surface area (Å²) in [7, 11) is -3.73. The van der Waals surface area contributed by atoms with Crippen molar-refractivity contribution in [3.8, 4) is 0 Å². The van der Waals surface area contributed by atoms with Crippen LogP contribution in [0.2, 0.25) is 0 Å². The topological polar surface area (TPSA) is 101 Å². The van der Waals surface area contributed by atoms with Crippen LogP contribution in [0.3, 0.4) is 0 Å². The third-order valence-corrected chi connectivity index (χ3v) is 6.85. The molecule has 2 heterocycles. The minimum Gasteiger partial charge on any atom is -0.361 e. The maximum atomic E-state index is 12.8. The van der Waals surface area contributed by atoms with E-state index in [9.17, 15) is 13.2 Å². The largest absolute Gasteiger partial charge is 0.361 e. The lowest BCUT2D eigenvalue weighted by Crippen LogP contribution is -2.29. The molecule has 3 rings (SSSR count). The summed E-state index contributed by atoms with van der Waals surface area (Å²) < 4.78 is 33.0. The molecular weight excluding hydrogens is 410 g/mol. The first kappa shape index (κ1) is 21.2. The van der Waals surface area contributed by atoms with Gasteiger partial charge in [-0.05, 0) is 49.9 Å². The number of carbonyl (C=O) groups excluding carboxylic acids is 1. The van der Waals surface area contributed by atoms with Crippen LogP contribution in [-0.2, 0) is 16.6 Å². The quantitative estimate of drug-likeness (QED) is 0.564. The van der Waals surface area contributed by atoms with E-state index in [1.807, 2.05) is 31.4 Å². The second-order valence-electron chi connectivity index (χ2n) is 6.60. The van der Waals surface area contributed by atoms with Crippen molar-refractivity contribution >= 4 is 27.3 Å². The van der Waals surface area contributed by atoms with Crippen molar-refractivity contribution in [3.05, 3.63) is 69.2 Å². The van der Waals surface area contributed by atoms with Gasteiger partial charge in [0.15, 0.2) is 0 Å². The van der Waals surface area contributed by atoms with Gasteiger partial charge in [-0.3, -0.25) is 4.79 Å². The fourth-order valence-corrected chi connectivity index (χ4v) is 4.86. The van der Waals surface area contributed by atoms with Gasteiger partial charge in [-0.25, -0.2) is 13.1 Å². The molecule has 9 heteroatoms. The molecule has 1 aromatic carbocycles. The number of carbonyl (C=O) groups is 1. The maximum absolute atomic E-state index is 12.8. The Balaban J connectivity index is 1.76. The molecule has 0 unspecified atom stereocenters. The highest BCUT2D eigenvalue weighted by Gasteiger charge is 2.22. The number of hydrogen-bond donors (Lipinski definition) is 2. The van der Waals surface area contributed by atoms with Gasteiger partial charge >= 0.3 is 0 Å². The molecule has 7 nitrogen and oxygen atoms in total. The number of thiophene rings is 1. The monoisotopic (exact) mass is 433 g/mol. The van der Waals surface area contributed by atoms with Crippen molar-refractivity contribution in [1.29, 1.82) is 0 Å². The lowest BCUT2D eigenvalue weighted by atomic mass is 10.0. The number of sulfonamides is 1. The van der Waals surface area contributed by atoms with Gasteiger partial charge in [-0.1, -0.05) is 24.2 Å². The maximum Gasteiger partial charge on any atom is 0.251 e. The minimum atomic E-state index is -3.73. The van der Waals surface area contributed by atoms with E-state index in [0.29, 0.717) is 12.2 Å². The van der Waals surface area contributed by atoms with Gasteiger partial charge in [0.1, 0.15) is 5.76 Å². The van der Waals surface area contributed by atoms with Crippen LogP contribution in [-0.4, -0.2) is 19.5 Å². The zero-order valence-corrected chi connectivity index (χ0v) is 18.1. The van der Waals surface area contributed by atoms with E-state index in [0.717, 1.165) is 16.1 Å². The molecule has 0 radical (unpaired) electrons. The van der Waals surface area contributed by atoms with Gasteiger partial charge < -0.3 is 9.84 Å². The second kappa shape index (κ2) is 8.89. The molecule has 0 aliphatic rings. The van der Waals surface area contributed by atoms with Crippen LogP contribution in [0, 0.1) is 13.8 Å². The molecule has 0 spiro atoms. The van der Waals surface area contributed by atoms with E-state index in [1.54, 1.807) is 19.1 Å². The summed E-state index contributed by atoms with van der Waals surface area (Å²) in [4.78, 5) is 13.7. The van der Waals surface area contributed by atoms with E-state index in [2.05, 4.69) is 15.2 Å². The fourth-order valence-electron chi connectivity index (χ4n) is 3.07. The number of rotatable bonds is 8. The first-order valence-electron chi connectivity index (χ1n) is 9.17. The van der Waals surface area contributed by atoms with Crippen LogP contribution in [0.1, 0.15) is 51.6 Å². The van der Waals surface area contributed by atoms with Crippen molar-refractivity contribution in [3.63, 3.8) is 0 Å². The summed E-state index contributed by atoms with van der Waals surface area (Å²) in [5, 5.41) is 8.77. The Bertz CT molecular complexity index is 1070. The fraction of sp³-hybridized carbons (Fsp3) is 0.300. The standard InChI is InChI=1S/C20H23N3O4S2/c1-4-18(19-13(2)23-27-14(19)3)22-20(24)15-7-5-9-17(11-15)29(25,26)21-12-16-8-6-10-28-16/h5-11,18,21H,4,12H2,1-3H3,(H,22,24)/t18-/m1/s1. The molecule has 0 bridgehead atoms. The van der Waals surface area contributed by atoms with E-state index in [-0.39, 0.29) is 29.0 Å². The normalized spacial score (nSPS) is 12.7. The van der Waals surface area contributed by atoms with Gasteiger partial charge in [0.05, 0.1) is 16.6 Å². The third kappa shape index (κ3) is 4.92. The number of nitrogens with zero attached hydrogens (tertiary/aromatic N) is 1. The molecular formula is C20H23N3O4S2.